The summed E-state index contributed by atoms with van der Waals surface area (Å²) in [4.78, 5) is 12.6. The number of amides is 1. The Kier molecular flexibility index (Phi) is 5.55. The van der Waals surface area contributed by atoms with Crippen LogP contribution in [0.3, 0.4) is 0 Å². The van der Waals surface area contributed by atoms with E-state index in [9.17, 15) is 13.2 Å². The normalized spacial score (nSPS) is 11.4. The van der Waals surface area contributed by atoms with Crippen molar-refractivity contribution < 1.29 is 13.2 Å². The fraction of sp³-hybridized carbons (Fsp3) is 0.111. The van der Waals surface area contributed by atoms with Crippen molar-refractivity contribution in [3.05, 3.63) is 75.9 Å². The molecule has 1 N–H and O–H groups in total. The van der Waals surface area contributed by atoms with Crippen LogP contribution in [0.2, 0.25) is 10.0 Å². The number of aromatic nitrogens is 2. The molecule has 0 fully saturated rings. The van der Waals surface area contributed by atoms with Gasteiger partial charge in [-0.1, -0.05) is 35.3 Å². The second kappa shape index (κ2) is 7.72. The highest BCUT2D eigenvalue weighted by Gasteiger charge is 2.13. The van der Waals surface area contributed by atoms with Gasteiger partial charge in [0.05, 0.1) is 27.7 Å². The highest BCUT2D eigenvalue weighted by atomic mass is 35.5. The Morgan fingerprint density at radius 3 is 2.48 bits per heavy atom. The minimum absolute atomic E-state index is 0.152. The molecule has 140 valence electrons. The third-order valence-corrected chi connectivity index (χ3v) is 5.84. The first kappa shape index (κ1) is 19.4. The van der Waals surface area contributed by atoms with Crippen molar-refractivity contribution in [2.45, 2.75) is 11.4 Å². The summed E-state index contributed by atoms with van der Waals surface area (Å²) < 4.78 is 24.6. The minimum atomic E-state index is -3.31. The molecule has 0 atom stereocenters. The standard InChI is InChI=1S/C18H15Cl2N3O3S/c1-27(25,26)14-7-5-12(6-8-14)18(24)22-16-9-10-21-23(16)11-13-3-2-4-15(19)17(13)20/h2-10H,11H2,1H3,(H,22,24). The van der Waals surface area contributed by atoms with Crippen molar-refractivity contribution in [1.82, 2.24) is 9.78 Å². The topological polar surface area (TPSA) is 81.1 Å². The van der Waals surface area contributed by atoms with Crippen molar-refractivity contribution in [1.29, 1.82) is 0 Å². The van der Waals surface area contributed by atoms with Crippen LogP contribution >= 0.6 is 23.2 Å². The molecule has 3 aromatic rings. The monoisotopic (exact) mass is 423 g/mol. The Morgan fingerprint density at radius 2 is 1.81 bits per heavy atom. The molecular formula is C18H15Cl2N3O3S. The first-order valence-corrected chi connectivity index (χ1v) is 10.5. The van der Waals surface area contributed by atoms with E-state index in [0.717, 1.165) is 11.8 Å². The number of nitrogens with one attached hydrogen (secondary N) is 1. The van der Waals surface area contributed by atoms with Crippen LogP contribution in [0.4, 0.5) is 5.82 Å². The molecule has 1 amide bonds. The molecule has 27 heavy (non-hydrogen) atoms. The van der Waals surface area contributed by atoms with Crippen LogP contribution in [0.1, 0.15) is 15.9 Å². The van der Waals surface area contributed by atoms with Crippen LogP contribution in [-0.4, -0.2) is 30.4 Å². The molecular weight excluding hydrogens is 409 g/mol. The third kappa shape index (κ3) is 4.50. The smallest absolute Gasteiger partial charge is 0.256 e. The van der Waals surface area contributed by atoms with E-state index in [0.29, 0.717) is 28.0 Å². The summed E-state index contributed by atoms with van der Waals surface area (Å²) in [6, 6.07) is 12.7. The third-order valence-electron chi connectivity index (χ3n) is 3.85. The van der Waals surface area contributed by atoms with Crippen molar-refractivity contribution in [2.24, 2.45) is 0 Å². The molecule has 0 bridgehead atoms. The van der Waals surface area contributed by atoms with Crippen molar-refractivity contribution in [3.8, 4) is 0 Å². The van der Waals surface area contributed by atoms with Gasteiger partial charge in [-0.15, -0.1) is 0 Å². The Morgan fingerprint density at radius 1 is 1.11 bits per heavy atom. The van der Waals surface area contributed by atoms with Gasteiger partial charge in [0, 0.05) is 17.9 Å². The van der Waals surface area contributed by atoms with Crippen LogP contribution in [0.25, 0.3) is 0 Å². The molecule has 0 aliphatic heterocycles. The lowest BCUT2D eigenvalue weighted by atomic mass is 10.2. The summed E-state index contributed by atoms with van der Waals surface area (Å²) in [6.07, 6.45) is 2.67. The van der Waals surface area contributed by atoms with Gasteiger partial charge in [-0.05, 0) is 35.9 Å². The zero-order chi connectivity index (χ0) is 19.6. The molecule has 0 aliphatic carbocycles. The van der Waals surface area contributed by atoms with Gasteiger partial charge in [0.2, 0.25) is 0 Å². The van der Waals surface area contributed by atoms with Crippen LogP contribution in [0, 0.1) is 0 Å². The lowest BCUT2D eigenvalue weighted by Crippen LogP contribution is -2.16. The Balaban J connectivity index is 1.78. The lowest BCUT2D eigenvalue weighted by Gasteiger charge is -2.11. The van der Waals surface area contributed by atoms with Crippen LogP contribution in [0.15, 0.2) is 59.6 Å². The van der Waals surface area contributed by atoms with E-state index < -0.39 is 9.84 Å². The molecule has 0 radical (unpaired) electrons. The largest absolute Gasteiger partial charge is 0.307 e. The molecule has 0 saturated carbocycles. The zero-order valence-corrected chi connectivity index (χ0v) is 16.5. The van der Waals surface area contributed by atoms with Crippen molar-refractivity contribution in [2.75, 3.05) is 11.6 Å². The first-order chi connectivity index (χ1) is 12.8. The number of hydrogen-bond acceptors (Lipinski definition) is 4. The number of nitrogens with zero attached hydrogens (tertiary/aromatic N) is 2. The number of hydrogen-bond donors (Lipinski definition) is 1. The minimum Gasteiger partial charge on any atom is -0.307 e. The maximum Gasteiger partial charge on any atom is 0.256 e. The second-order valence-corrected chi connectivity index (χ2v) is 8.64. The van der Waals surface area contributed by atoms with Crippen LogP contribution in [0.5, 0.6) is 0 Å². The van der Waals surface area contributed by atoms with Crippen molar-refractivity contribution >= 4 is 44.8 Å². The summed E-state index contributed by atoms with van der Waals surface area (Å²) in [7, 11) is -3.31. The Hall–Kier alpha value is -2.35. The highest BCUT2D eigenvalue weighted by Crippen LogP contribution is 2.26. The van der Waals surface area contributed by atoms with Gasteiger partial charge in [-0.2, -0.15) is 5.10 Å². The number of rotatable bonds is 5. The van der Waals surface area contributed by atoms with E-state index >= 15 is 0 Å². The summed E-state index contributed by atoms with van der Waals surface area (Å²) in [5.74, 6) is 0.0947. The average molecular weight is 424 g/mol. The average Bonchev–Trinajstić information content (AvgIpc) is 3.05. The van der Waals surface area contributed by atoms with E-state index in [2.05, 4.69) is 10.4 Å². The fourth-order valence-electron chi connectivity index (χ4n) is 2.44. The van der Waals surface area contributed by atoms with Crippen molar-refractivity contribution in [3.63, 3.8) is 0 Å². The predicted molar refractivity (Wildman–Crippen MR) is 105 cm³/mol. The number of carbonyl (C=O) groups excluding carboxylic acids is 1. The molecule has 0 unspecified atom stereocenters. The molecule has 0 spiro atoms. The quantitative estimate of drug-likeness (QED) is 0.674. The molecule has 3 rings (SSSR count). The van der Waals surface area contributed by atoms with Gasteiger partial charge in [0.15, 0.2) is 9.84 Å². The molecule has 6 nitrogen and oxygen atoms in total. The van der Waals surface area contributed by atoms with Gasteiger partial charge >= 0.3 is 0 Å². The van der Waals surface area contributed by atoms with E-state index in [1.54, 1.807) is 29.1 Å². The molecule has 0 aliphatic rings. The number of anilines is 1. The van der Waals surface area contributed by atoms with E-state index in [1.807, 2.05) is 6.07 Å². The summed E-state index contributed by atoms with van der Waals surface area (Å²) in [5.41, 5.74) is 1.09. The second-order valence-electron chi connectivity index (χ2n) is 5.84. The molecule has 1 heterocycles. The number of carbonyl (C=O) groups is 1. The van der Waals surface area contributed by atoms with Gasteiger partial charge in [0.25, 0.3) is 5.91 Å². The number of sulfone groups is 1. The first-order valence-electron chi connectivity index (χ1n) is 7.82. The molecule has 1 aromatic heterocycles. The van der Waals surface area contributed by atoms with Gasteiger partial charge in [-0.3, -0.25) is 4.79 Å². The maximum atomic E-state index is 12.4. The number of benzene rings is 2. The van der Waals surface area contributed by atoms with Gasteiger partial charge in [0.1, 0.15) is 5.82 Å². The van der Waals surface area contributed by atoms with E-state index in [-0.39, 0.29) is 10.8 Å². The zero-order valence-electron chi connectivity index (χ0n) is 14.2. The van der Waals surface area contributed by atoms with E-state index in [1.165, 1.54) is 24.3 Å². The summed E-state index contributed by atoms with van der Waals surface area (Å²) in [6.45, 7) is 0.328. The Labute approximate surface area is 166 Å². The van der Waals surface area contributed by atoms with Crippen LogP contribution in [-0.2, 0) is 16.4 Å². The summed E-state index contributed by atoms with van der Waals surface area (Å²) in [5, 5.41) is 7.83. The molecule has 2 aromatic carbocycles. The maximum absolute atomic E-state index is 12.4. The predicted octanol–water partition coefficient (Wildman–Crippen LogP) is 3.89. The van der Waals surface area contributed by atoms with Crippen LogP contribution < -0.4 is 5.32 Å². The molecule has 0 saturated heterocycles. The Bertz CT molecular complexity index is 1090. The SMILES string of the molecule is CS(=O)(=O)c1ccc(C(=O)Nc2ccnn2Cc2cccc(Cl)c2Cl)cc1. The molecule has 9 heteroatoms. The van der Waals surface area contributed by atoms with Gasteiger partial charge < -0.3 is 5.32 Å². The summed E-state index contributed by atoms with van der Waals surface area (Å²) >= 11 is 12.2. The van der Waals surface area contributed by atoms with E-state index in [4.69, 9.17) is 23.2 Å². The van der Waals surface area contributed by atoms with Gasteiger partial charge in [-0.25, -0.2) is 13.1 Å². The fourth-order valence-corrected chi connectivity index (χ4v) is 3.45. The number of halogens is 2. The lowest BCUT2D eigenvalue weighted by molar-refractivity contribution is 0.102. The highest BCUT2D eigenvalue weighted by molar-refractivity contribution is 7.90.